The molecule has 1 amide bonds. The number of rotatable bonds is 7. The number of fused-ring (bicyclic) bond motifs is 1. The third-order valence-electron chi connectivity index (χ3n) is 5.21. The van der Waals surface area contributed by atoms with Gasteiger partial charge in [-0.1, -0.05) is 0 Å². The van der Waals surface area contributed by atoms with Crippen LogP contribution in [-0.2, 0) is 28.8 Å². The summed E-state index contributed by atoms with van der Waals surface area (Å²) < 4.78 is 5.33. The monoisotopic (exact) mass is 387 g/mol. The second-order valence-electron chi connectivity index (χ2n) is 7.01. The normalized spacial score (nSPS) is 18.9. The van der Waals surface area contributed by atoms with E-state index in [0.717, 1.165) is 51.7 Å². The molecule has 1 aromatic heterocycles. The number of aromatic nitrogens is 1. The molecule has 1 saturated heterocycles. The number of piperidine rings is 1. The first-order valence-corrected chi connectivity index (χ1v) is 10.0. The van der Waals surface area contributed by atoms with Crippen LogP contribution in [-0.4, -0.2) is 44.2 Å². The van der Waals surface area contributed by atoms with E-state index >= 15 is 0 Å². The van der Waals surface area contributed by atoms with E-state index in [1.807, 2.05) is 11.3 Å². The molecule has 25 heavy (non-hydrogen) atoms. The fourth-order valence-electron chi connectivity index (χ4n) is 3.76. The van der Waals surface area contributed by atoms with Gasteiger partial charge in [0.15, 0.2) is 0 Å². The third kappa shape index (κ3) is 5.16. The lowest BCUT2D eigenvalue weighted by atomic mass is 9.78. The minimum Gasteiger partial charge on any atom is -0.384 e. The Morgan fingerprint density at radius 2 is 2.08 bits per heavy atom. The lowest BCUT2D eigenvalue weighted by Crippen LogP contribution is -2.50. The number of aryl methyl sites for hydroxylation is 3. The van der Waals surface area contributed by atoms with Gasteiger partial charge >= 0.3 is 0 Å². The summed E-state index contributed by atoms with van der Waals surface area (Å²) in [6.07, 6.45) is 8.57. The average Bonchev–Trinajstić information content (AvgIpc) is 3.02. The molecule has 1 aliphatic heterocycles. The van der Waals surface area contributed by atoms with E-state index in [0.29, 0.717) is 6.61 Å². The molecule has 2 aliphatic rings. The maximum atomic E-state index is 12.6. The highest BCUT2D eigenvalue weighted by Gasteiger charge is 2.39. The maximum Gasteiger partial charge on any atom is 0.228 e. The first kappa shape index (κ1) is 20.6. The molecule has 1 fully saturated rings. The van der Waals surface area contributed by atoms with Gasteiger partial charge in [0.05, 0.1) is 22.7 Å². The van der Waals surface area contributed by atoms with Crippen LogP contribution in [0.1, 0.15) is 47.7 Å². The summed E-state index contributed by atoms with van der Waals surface area (Å²) in [6.45, 7) is 3.02. The Labute approximate surface area is 160 Å². The van der Waals surface area contributed by atoms with Crippen LogP contribution in [0.5, 0.6) is 0 Å². The highest BCUT2D eigenvalue weighted by atomic mass is 35.5. The number of halogens is 1. The molecule has 2 heterocycles. The zero-order valence-corrected chi connectivity index (χ0v) is 16.7. The van der Waals surface area contributed by atoms with Crippen molar-refractivity contribution in [2.75, 3.05) is 33.4 Å². The molecule has 142 valence electrons. The topological polar surface area (TPSA) is 63.2 Å². The molecule has 0 saturated carbocycles. The number of ether oxygens (including phenoxy) is 1. The smallest absolute Gasteiger partial charge is 0.228 e. The predicted octanol–water partition coefficient (Wildman–Crippen LogP) is 2.51. The summed E-state index contributed by atoms with van der Waals surface area (Å²) in [5.41, 5.74) is 0.985. The van der Waals surface area contributed by atoms with Gasteiger partial charge in [-0.25, -0.2) is 4.98 Å². The molecule has 3 rings (SSSR count). The van der Waals surface area contributed by atoms with Crippen LogP contribution in [0.3, 0.4) is 0 Å². The van der Waals surface area contributed by atoms with E-state index in [1.165, 1.54) is 34.8 Å². The standard InChI is InChI=1S/C18H29N3O2S.ClH/c1-23-13-18(8-11-19-12-9-18)17(22)20-10-4-7-16-21-14-5-2-3-6-15(14)24-16;/h19H,2-13H2,1H3,(H,20,22);1H. The molecule has 7 heteroatoms. The molecule has 1 aromatic rings. The van der Waals surface area contributed by atoms with Crippen molar-refractivity contribution in [2.24, 2.45) is 5.41 Å². The van der Waals surface area contributed by atoms with Crippen molar-refractivity contribution in [2.45, 2.75) is 51.4 Å². The fraction of sp³-hybridized carbons (Fsp3) is 0.778. The van der Waals surface area contributed by atoms with Crippen molar-refractivity contribution in [3.05, 3.63) is 15.6 Å². The van der Waals surface area contributed by atoms with Crippen molar-refractivity contribution in [1.29, 1.82) is 0 Å². The van der Waals surface area contributed by atoms with Gasteiger partial charge in [-0.3, -0.25) is 4.79 Å². The minimum absolute atomic E-state index is 0. The molecular weight excluding hydrogens is 358 g/mol. The average molecular weight is 388 g/mol. The molecule has 0 unspecified atom stereocenters. The van der Waals surface area contributed by atoms with Gasteiger partial charge in [-0.05, 0) is 58.0 Å². The highest BCUT2D eigenvalue weighted by molar-refractivity contribution is 7.11. The quantitative estimate of drug-likeness (QED) is 0.705. The summed E-state index contributed by atoms with van der Waals surface area (Å²) in [6, 6.07) is 0. The van der Waals surface area contributed by atoms with Gasteiger partial charge in [-0.2, -0.15) is 0 Å². The number of amides is 1. The molecule has 0 atom stereocenters. The molecule has 5 nitrogen and oxygen atoms in total. The Hall–Kier alpha value is -0.690. The summed E-state index contributed by atoms with van der Waals surface area (Å²) in [5, 5.41) is 7.70. The van der Waals surface area contributed by atoms with Gasteiger partial charge in [0.2, 0.25) is 5.91 Å². The van der Waals surface area contributed by atoms with E-state index < -0.39 is 0 Å². The van der Waals surface area contributed by atoms with Crippen LogP contribution < -0.4 is 10.6 Å². The Balaban J connectivity index is 0.00000225. The summed E-state index contributed by atoms with van der Waals surface area (Å²) in [4.78, 5) is 18.9. The second kappa shape index (κ2) is 9.86. The molecule has 0 aromatic carbocycles. The van der Waals surface area contributed by atoms with Crippen LogP contribution in [0.25, 0.3) is 0 Å². The Kier molecular flexibility index (Phi) is 8.13. The van der Waals surface area contributed by atoms with E-state index in [-0.39, 0.29) is 23.7 Å². The maximum absolute atomic E-state index is 12.6. The van der Waals surface area contributed by atoms with Crippen LogP contribution >= 0.6 is 23.7 Å². The molecular formula is C18H30ClN3O2S. The zero-order chi connectivity index (χ0) is 16.8. The Morgan fingerprint density at radius 3 is 2.80 bits per heavy atom. The van der Waals surface area contributed by atoms with Gasteiger partial charge in [-0.15, -0.1) is 23.7 Å². The number of carbonyl (C=O) groups is 1. The van der Waals surface area contributed by atoms with E-state index in [2.05, 4.69) is 10.6 Å². The second-order valence-corrected chi connectivity index (χ2v) is 8.18. The van der Waals surface area contributed by atoms with Gasteiger partial charge in [0.25, 0.3) is 0 Å². The number of thiazole rings is 1. The predicted molar refractivity (Wildman–Crippen MR) is 104 cm³/mol. The van der Waals surface area contributed by atoms with Crippen LogP contribution in [0.15, 0.2) is 0 Å². The van der Waals surface area contributed by atoms with Crippen LogP contribution in [0.2, 0.25) is 0 Å². The van der Waals surface area contributed by atoms with Gasteiger partial charge in [0, 0.05) is 25.0 Å². The first-order chi connectivity index (χ1) is 11.7. The molecule has 0 bridgehead atoms. The highest BCUT2D eigenvalue weighted by Crippen LogP contribution is 2.30. The first-order valence-electron chi connectivity index (χ1n) is 9.19. The SMILES string of the molecule is COCC1(C(=O)NCCCc2nc3c(s2)CCCC3)CCNCC1.Cl. The summed E-state index contributed by atoms with van der Waals surface area (Å²) >= 11 is 1.88. The number of hydrogen-bond acceptors (Lipinski definition) is 5. The molecule has 0 spiro atoms. The van der Waals surface area contributed by atoms with Crippen molar-refractivity contribution in [1.82, 2.24) is 15.6 Å². The van der Waals surface area contributed by atoms with Crippen molar-refractivity contribution >= 4 is 29.7 Å². The lowest BCUT2D eigenvalue weighted by Gasteiger charge is -2.35. The Bertz CT molecular complexity index is 530. The third-order valence-corrected chi connectivity index (χ3v) is 6.42. The van der Waals surface area contributed by atoms with E-state index in [4.69, 9.17) is 9.72 Å². The van der Waals surface area contributed by atoms with Gasteiger partial charge in [0.1, 0.15) is 0 Å². The van der Waals surface area contributed by atoms with Crippen LogP contribution in [0.4, 0.5) is 0 Å². The van der Waals surface area contributed by atoms with E-state index in [9.17, 15) is 4.79 Å². The number of methoxy groups -OCH3 is 1. The van der Waals surface area contributed by atoms with E-state index in [1.54, 1.807) is 7.11 Å². The minimum atomic E-state index is -0.347. The number of nitrogens with one attached hydrogen (secondary N) is 2. The summed E-state index contributed by atoms with van der Waals surface area (Å²) in [5.74, 6) is 0.157. The fourth-order valence-corrected chi connectivity index (χ4v) is 4.96. The van der Waals surface area contributed by atoms with Crippen molar-refractivity contribution in [3.63, 3.8) is 0 Å². The van der Waals surface area contributed by atoms with Crippen LogP contribution in [0, 0.1) is 5.41 Å². The molecule has 1 aliphatic carbocycles. The van der Waals surface area contributed by atoms with Gasteiger partial charge < -0.3 is 15.4 Å². The lowest BCUT2D eigenvalue weighted by molar-refractivity contribution is -0.136. The molecule has 2 N–H and O–H groups in total. The number of hydrogen-bond donors (Lipinski definition) is 2. The largest absolute Gasteiger partial charge is 0.384 e. The number of carbonyl (C=O) groups excluding carboxylic acids is 1. The van der Waals surface area contributed by atoms with Crippen molar-refractivity contribution < 1.29 is 9.53 Å². The summed E-state index contributed by atoms with van der Waals surface area (Å²) in [7, 11) is 1.68. The zero-order valence-electron chi connectivity index (χ0n) is 15.1. The number of nitrogens with zero attached hydrogens (tertiary/aromatic N) is 1. The van der Waals surface area contributed by atoms with Crippen molar-refractivity contribution in [3.8, 4) is 0 Å². The Morgan fingerprint density at radius 1 is 1.32 bits per heavy atom. The molecule has 0 radical (unpaired) electrons.